The zero-order chi connectivity index (χ0) is 25.8. The summed E-state index contributed by atoms with van der Waals surface area (Å²) in [5, 5.41) is 10.9. The number of likely N-dealkylation sites (tertiary alicyclic amines) is 1. The summed E-state index contributed by atoms with van der Waals surface area (Å²) in [6, 6.07) is -1.99. The Labute approximate surface area is 226 Å². The second-order valence-electron chi connectivity index (χ2n) is 11.3. The number of nitrogens with one attached hydrogen (secondary N) is 4. The molecule has 36 heavy (non-hydrogen) atoms. The smallest absolute Gasteiger partial charge is 0.362 e. The SMILES string of the molecule is [CH2-]C1(NC(=O)N[C@H](C(=O)N2CCC[C@H]2C(=O)NCC(=O)C(=O)NC2CC2)C(C)(C)C)CCCCC1.[Os+]. The zero-order valence-electron chi connectivity index (χ0n) is 21.6. The molecule has 3 aliphatic rings. The van der Waals surface area contributed by atoms with Gasteiger partial charge in [0.05, 0.1) is 6.54 Å². The normalized spacial score (nSPS) is 22.0. The van der Waals surface area contributed by atoms with Gasteiger partial charge in [-0.25, -0.2) is 4.79 Å². The van der Waals surface area contributed by atoms with Gasteiger partial charge in [-0.15, -0.1) is 0 Å². The number of Topliss-reactive ketones (excluding diaryl/α,β-unsaturated/α-hetero) is 1. The van der Waals surface area contributed by atoms with Gasteiger partial charge < -0.3 is 33.1 Å². The summed E-state index contributed by atoms with van der Waals surface area (Å²) in [7, 11) is 0. The molecule has 0 aromatic carbocycles. The Morgan fingerprint density at radius 2 is 1.64 bits per heavy atom. The van der Waals surface area contributed by atoms with E-state index in [9.17, 15) is 24.0 Å². The van der Waals surface area contributed by atoms with Crippen LogP contribution >= 0.6 is 0 Å². The Hall–Kier alpha value is -2.01. The van der Waals surface area contributed by atoms with Crippen molar-refractivity contribution in [1.29, 1.82) is 0 Å². The third-order valence-electron chi connectivity index (χ3n) is 7.01. The molecule has 10 nitrogen and oxygen atoms in total. The first-order chi connectivity index (χ1) is 16.4. The molecule has 5 amide bonds. The summed E-state index contributed by atoms with van der Waals surface area (Å²) in [6.45, 7) is 9.73. The molecule has 0 spiro atoms. The molecular formula is C25H40N5O5Os. The minimum Gasteiger partial charge on any atom is -0.362 e. The summed E-state index contributed by atoms with van der Waals surface area (Å²) in [5.74, 6) is -2.22. The summed E-state index contributed by atoms with van der Waals surface area (Å²) in [4.78, 5) is 64.6. The molecule has 2 aliphatic carbocycles. The van der Waals surface area contributed by atoms with Crippen molar-refractivity contribution in [1.82, 2.24) is 26.2 Å². The fraction of sp³-hybridized carbons (Fsp3) is 0.760. The van der Waals surface area contributed by atoms with Gasteiger partial charge in [0.25, 0.3) is 5.91 Å². The predicted octanol–water partition coefficient (Wildman–Crippen LogP) is 1.19. The van der Waals surface area contributed by atoms with Gasteiger partial charge in [-0.3, -0.25) is 19.2 Å². The molecule has 1 radical (unpaired) electrons. The van der Waals surface area contributed by atoms with Crippen LogP contribution in [0.3, 0.4) is 0 Å². The summed E-state index contributed by atoms with van der Waals surface area (Å²) in [5.41, 5.74) is -1.14. The molecular weight excluding hydrogens is 641 g/mol. The molecule has 203 valence electrons. The molecule has 11 heteroatoms. The maximum Gasteiger partial charge on any atom is 1.00 e. The molecule has 1 saturated heterocycles. The van der Waals surface area contributed by atoms with E-state index < -0.39 is 53.2 Å². The van der Waals surface area contributed by atoms with Crippen LogP contribution in [-0.4, -0.2) is 71.2 Å². The Morgan fingerprint density at radius 1 is 1.00 bits per heavy atom. The van der Waals surface area contributed by atoms with Crippen molar-refractivity contribution in [2.45, 2.75) is 102 Å². The number of amides is 5. The van der Waals surface area contributed by atoms with Crippen molar-refractivity contribution in [3.05, 3.63) is 6.92 Å². The standard InChI is InChI=1S/C25H40N5O5.Os/c1-24(2,3)19(28-23(35)29-25(4)12-6-5-7-13-25)22(34)30-14-8-9-17(30)20(32)26-15-18(31)21(33)27-16-10-11-16;/h16-17,19H,4-15H2,1-3H3,(H,26,32)(H,27,33)(H2,28,29,35);/q-1;+1/t17-,19+;/m0./s1. The predicted molar refractivity (Wildman–Crippen MR) is 130 cm³/mol. The van der Waals surface area contributed by atoms with Crippen LogP contribution in [0.1, 0.15) is 78.6 Å². The second-order valence-corrected chi connectivity index (χ2v) is 11.3. The van der Waals surface area contributed by atoms with Gasteiger partial charge in [-0.1, -0.05) is 58.4 Å². The largest absolute Gasteiger partial charge is 1.00 e. The molecule has 1 aliphatic heterocycles. The number of nitrogens with zero attached hydrogens (tertiary/aromatic N) is 1. The molecule has 2 saturated carbocycles. The van der Waals surface area contributed by atoms with Gasteiger partial charge >= 0.3 is 25.8 Å². The number of hydrogen-bond donors (Lipinski definition) is 4. The summed E-state index contributed by atoms with van der Waals surface area (Å²) in [6.07, 6.45) is 7.51. The van der Waals surface area contributed by atoms with Crippen molar-refractivity contribution >= 4 is 29.5 Å². The van der Waals surface area contributed by atoms with E-state index in [1.54, 1.807) is 0 Å². The fourth-order valence-corrected chi connectivity index (χ4v) is 4.74. The summed E-state index contributed by atoms with van der Waals surface area (Å²) >= 11 is 0. The van der Waals surface area contributed by atoms with E-state index >= 15 is 0 Å². The van der Waals surface area contributed by atoms with Crippen LogP contribution in [0.15, 0.2) is 0 Å². The number of urea groups is 1. The van der Waals surface area contributed by atoms with E-state index in [0.717, 1.165) is 44.9 Å². The van der Waals surface area contributed by atoms with Crippen LogP contribution in [0.25, 0.3) is 0 Å². The van der Waals surface area contributed by atoms with Crippen LogP contribution in [0.5, 0.6) is 0 Å². The minimum atomic E-state index is -0.853. The van der Waals surface area contributed by atoms with E-state index in [-0.39, 0.29) is 31.7 Å². The van der Waals surface area contributed by atoms with Crippen molar-refractivity contribution in [2.24, 2.45) is 5.41 Å². The van der Waals surface area contributed by atoms with Gasteiger partial charge in [0.15, 0.2) is 0 Å². The van der Waals surface area contributed by atoms with Gasteiger partial charge in [0.1, 0.15) is 12.1 Å². The Kier molecular flexibility index (Phi) is 10.5. The van der Waals surface area contributed by atoms with Crippen molar-refractivity contribution in [3.63, 3.8) is 0 Å². The monoisotopic (exact) mass is 682 g/mol. The molecule has 0 bridgehead atoms. The first kappa shape index (κ1) is 30.2. The maximum absolute atomic E-state index is 13.5. The number of ketones is 1. The quantitative estimate of drug-likeness (QED) is 0.226. The minimum absolute atomic E-state index is 0. The second kappa shape index (κ2) is 12.5. The molecule has 0 unspecified atom stereocenters. The third kappa shape index (κ3) is 8.26. The van der Waals surface area contributed by atoms with Crippen molar-refractivity contribution < 1.29 is 43.8 Å². The van der Waals surface area contributed by atoms with Gasteiger partial charge in [0, 0.05) is 12.6 Å². The Morgan fingerprint density at radius 3 is 2.22 bits per heavy atom. The molecule has 3 fully saturated rings. The number of rotatable bonds is 8. The average molecular weight is 681 g/mol. The van der Waals surface area contributed by atoms with E-state index in [0.29, 0.717) is 19.4 Å². The number of hydrogen-bond acceptors (Lipinski definition) is 5. The van der Waals surface area contributed by atoms with Crippen LogP contribution < -0.4 is 21.3 Å². The topological polar surface area (TPSA) is 137 Å². The first-order valence-corrected chi connectivity index (χ1v) is 12.8. The van der Waals surface area contributed by atoms with Crippen molar-refractivity contribution in [3.8, 4) is 0 Å². The van der Waals surface area contributed by atoms with Gasteiger partial charge in [-0.05, 0) is 31.1 Å². The van der Waals surface area contributed by atoms with E-state index in [1.165, 1.54) is 4.90 Å². The van der Waals surface area contributed by atoms with Crippen LogP contribution in [0.4, 0.5) is 4.79 Å². The number of carbonyl (C=O) groups is 5. The zero-order valence-corrected chi connectivity index (χ0v) is 24.1. The molecule has 1 heterocycles. The maximum atomic E-state index is 13.5. The molecule has 0 aromatic heterocycles. The molecule has 4 N–H and O–H groups in total. The molecule has 3 rings (SSSR count). The van der Waals surface area contributed by atoms with Crippen LogP contribution in [0, 0.1) is 12.3 Å². The molecule has 2 atom stereocenters. The fourth-order valence-electron chi connectivity index (χ4n) is 4.74. The van der Waals surface area contributed by atoms with Crippen LogP contribution in [-0.2, 0) is 39.0 Å². The summed E-state index contributed by atoms with van der Waals surface area (Å²) < 4.78 is 0. The van der Waals surface area contributed by atoms with E-state index in [2.05, 4.69) is 28.2 Å². The Bertz CT molecular complexity index is 848. The van der Waals surface area contributed by atoms with Crippen LogP contribution in [0.2, 0.25) is 0 Å². The number of carbonyl (C=O) groups excluding carboxylic acids is 5. The third-order valence-corrected chi connectivity index (χ3v) is 7.01. The Balaban J connectivity index is 0.00000456. The van der Waals surface area contributed by atoms with Gasteiger partial charge in [0.2, 0.25) is 17.6 Å². The molecule has 0 aromatic rings. The van der Waals surface area contributed by atoms with Crippen molar-refractivity contribution in [2.75, 3.05) is 13.1 Å². The average Bonchev–Trinajstić information content (AvgIpc) is 3.45. The first-order valence-electron chi connectivity index (χ1n) is 12.8. The van der Waals surface area contributed by atoms with E-state index in [4.69, 9.17) is 0 Å². The van der Waals surface area contributed by atoms with Gasteiger partial charge in [-0.2, -0.15) is 0 Å². The van der Waals surface area contributed by atoms with E-state index in [1.807, 2.05) is 20.8 Å².